The Balaban J connectivity index is 2.68. The Hall–Kier alpha value is -1.58. The van der Waals surface area contributed by atoms with Gasteiger partial charge >= 0.3 is 0 Å². The molecule has 2 rings (SSSR count). The Morgan fingerprint density at radius 2 is 2.24 bits per heavy atom. The number of nitrogens with one attached hydrogen (secondary N) is 1. The summed E-state index contributed by atoms with van der Waals surface area (Å²) in [6.07, 6.45) is -2.71. The Kier molecular flexibility index (Phi) is 3.31. The zero-order valence-corrected chi connectivity index (χ0v) is 10.0. The monoisotopic (exact) mass is 268 g/mol. The van der Waals surface area contributed by atoms with E-state index in [1.807, 2.05) is 11.4 Å². The van der Waals surface area contributed by atoms with Gasteiger partial charge in [-0.2, -0.15) is 5.26 Å². The smallest absolute Gasteiger partial charge is 0.265 e. The van der Waals surface area contributed by atoms with Crippen molar-refractivity contribution in [2.24, 2.45) is 0 Å². The highest BCUT2D eigenvalue weighted by Crippen LogP contribution is 2.29. The van der Waals surface area contributed by atoms with Crippen LogP contribution in [-0.2, 0) is 0 Å². The van der Waals surface area contributed by atoms with Crippen LogP contribution >= 0.6 is 23.6 Å². The molecule has 2 aromatic rings. The van der Waals surface area contributed by atoms with Gasteiger partial charge < -0.3 is 4.98 Å². The van der Waals surface area contributed by atoms with E-state index in [9.17, 15) is 8.78 Å². The van der Waals surface area contributed by atoms with Gasteiger partial charge in [-0.1, -0.05) is 18.3 Å². The highest BCUT2D eigenvalue weighted by atomic mass is 32.1. The lowest BCUT2D eigenvalue weighted by molar-refractivity contribution is 0.151. The molecule has 2 nitrogen and oxygen atoms in total. The quantitative estimate of drug-likeness (QED) is 0.826. The molecule has 0 saturated carbocycles. The Morgan fingerprint density at radius 1 is 1.47 bits per heavy atom. The van der Waals surface area contributed by atoms with E-state index in [2.05, 4.69) is 4.98 Å². The number of nitrogens with zero attached hydrogens (tertiary/aromatic N) is 1. The third-order valence-electron chi connectivity index (χ3n) is 2.20. The van der Waals surface area contributed by atoms with E-state index in [0.29, 0.717) is 5.69 Å². The summed E-state index contributed by atoms with van der Waals surface area (Å²) in [5, 5.41) is 10.6. The van der Waals surface area contributed by atoms with E-state index in [1.54, 1.807) is 12.1 Å². The number of aromatic nitrogens is 1. The van der Waals surface area contributed by atoms with Gasteiger partial charge in [0.1, 0.15) is 10.7 Å². The van der Waals surface area contributed by atoms with Crippen LogP contribution in [0.1, 0.15) is 17.6 Å². The van der Waals surface area contributed by atoms with E-state index in [0.717, 1.165) is 4.88 Å². The van der Waals surface area contributed by atoms with Gasteiger partial charge in [-0.25, -0.2) is 8.78 Å². The molecule has 6 heteroatoms. The number of halogens is 2. The van der Waals surface area contributed by atoms with Gasteiger partial charge in [0.25, 0.3) is 6.43 Å². The molecule has 2 aromatic heterocycles. The summed E-state index contributed by atoms with van der Waals surface area (Å²) in [6.45, 7) is 0. The molecule has 0 aliphatic rings. The number of H-pyrrole nitrogens is 1. The first-order chi connectivity index (χ1) is 8.13. The summed E-state index contributed by atoms with van der Waals surface area (Å²) >= 11 is 6.33. The first-order valence-corrected chi connectivity index (χ1v) is 5.91. The van der Waals surface area contributed by atoms with Gasteiger partial charge in [0.2, 0.25) is 0 Å². The number of hydrogen-bond donors (Lipinski definition) is 1. The van der Waals surface area contributed by atoms with Crippen LogP contribution < -0.4 is 0 Å². The second-order valence-electron chi connectivity index (χ2n) is 3.23. The lowest BCUT2D eigenvalue weighted by Gasteiger charge is -2.06. The molecule has 0 radical (unpaired) electrons. The number of alkyl halides is 2. The fraction of sp³-hybridized carbons (Fsp3) is 0.0909. The Labute approximate surface area is 105 Å². The molecule has 0 aliphatic heterocycles. The Morgan fingerprint density at radius 3 is 2.76 bits per heavy atom. The second-order valence-corrected chi connectivity index (χ2v) is 4.59. The summed E-state index contributed by atoms with van der Waals surface area (Å²) in [5.41, 5.74) is 0.0363. The molecule has 86 valence electrons. The molecule has 0 spiro atoms. The molecule has 0 fully saturated rings. The van der Waals surface area contributed by atoms with Crippen molar-refractivity contribution in [1.82, 2.24) is 4.98 Å². The van der Waals surface area contributed by atoms with Crippen LogP contribution in [-0.4, -0.2) is 4.98 Å². The number of aromatic amines is 1. The minimum absolute atomic E-state index is 0.0497. The van der Waals surface area contributed by atoms with Gasteiger partial charge in [0, 0.05) is 5.56 Å². The minimum atomic E-state index is -2.71. The SMILES string of the molecule is N#Cc1c(C(F)F)cc(-c2cccs2)[nH]c1=S. The van der Waals surface area contributed by atoms with Gasteiger partial charge in [0.15, 0.2) is 0 Å². The average Bonchev–Trinajstić information content (AvgIpc) is 2.81. The van der Waals surface area contributed by atoms with Crippen LogP contribution in [0.5, 0.6) is 0 Å². The number of pyridine rings is 1. The van der Waals surface area contributed by atoms with Crippen molar-refractivity contribution in [3.8, 4) is 16.6 Å². The molecular weight excluding hydrogens is 262 g/mol. The minimum Gasteiger partial charge on any atom is -0.344 e. The summed E-state index contributed by atoms with van der Waals surface area (Å²) in [7, 11) is 0. The molecule has 1 N–H and O–H groups in total. The lowest BCUT2D eigenvalue weighted by Crippen LogP contribution is -1.95. The van der Waals surface area contributed by atoms with Crippen molar-refractivity contribution < 1.29 is 8.78 Å². The summed E-state index contributed by atoms with van der Waals surface area (Å²) < 4.78 is 25.7. The van der Waals surface area contributed by atoms with Gasteiger partial charge in [-0.15, -0.1) is 11.3 Å². The average molecular weight is 268 g/mol. The number of hydrogen-bond acceptors (Lipinski definition) is 3. The van der Waals surface area contributed by atoms with Gasteiger partial charge in [0.05, 0.1) is 16.1 Å². The van der Waals surface area contributed by atoms with Crippen LogP contribution in [0.4, 0.5) is 8.78 Å². The number of nitriles is 1. The zero-order valence-electron chi connectivity index (χ0n) is 8.41. The molecular formula is C11H6F2N2S2. The van der Waals surface area contributed by atoms with Crippen molar-refractivity contribution in [2.75, 3.05) is 0 Å². The Bertz CT molecular complexity index is 624. The molecule has 0 saturated heterocycles. The predicted octanol–water partition coefficient (Wildman–Crippen LogP) is 4.28. The summed E-state index contributed by atoms with van der Waals surface area (Å²) in [5.74, 6) is 0. The van der Waals surface area contributed by atoms with Crippen LogP contribution in [0.25, 0.3) is 10.6 Å². The predicted molar refractivity (Wildman–Crippen MR) is 64.6 cm³/mol. The molecule has 0 bridgehead atoms. The molecule has 0 atom stereocenters. The standard InChI is InChI=1S/C11H6F2N2S2/c12-10(13)6-4-8(9-2-1-3-17-9)15-11(16)7(6)5-14/h1-4,10H,(H,15,16). The maximum Gasteiger partial charge on any atom is 0.265 e. The van der Waals surface area contributed by atoms with Crippen molar-refractivity contribution in [1.29, 1.82) is 5.26 Å². The number of rotatable bonds is 2. The topological polar surface area (TPSA) is 39.6 Å². The first kappa shape index (κ1) is 11.9. The van der Waals surface area contributed by atoms with Gasteiger partial charge in [-0.3, -0.25) is 0 Å². The zero-order chi connectivity index (χ0) is 12.4. The van der Waals surface area contributed by atoms with Crippen molar-refractivity contribution in [3.05, 3.63) is 39.3 Å². The molecule has 0 amide bonds. The molecule has 17 heavy (non-hydrogen) atoms. The van der Waals surface area contributed by atoms with Crippen LogP contribution in [0.15, 0.2) is 23.6 Å². The van der Waals surface area contributed by atoms with Crippen LogP contribution in [0.3, 0.4) is 0 Å². The van der Waals surface area contributed by atoms with Gasteiger partial charge in [-0.05, 0) is 17.5 Å². The molecule has 0 aromatic carbocycles. The fourth-order valence-corrected chi connectivity index (χ4v) is 2.40. The maximum atomic E-state index is 12.8. The van der Waals surface area contributed by atoms with Crippen molar-refractivity contribution in [3.63, 3.8) is 0 Å². The van der Waals surface area contributed by atoms with Crippen LogP contribution in [0.2, 0.25) is 0 Å². The summed E-state index contributed by atoms with van der Waals surface area (Å²) in [4.78, 5) is 3.60. The largest absolute Gasteiger partial charge is 0.344 e. The maximum absolute atomic E-state index is 12.8. The summed E-state index contributed by atoms with van der Waals surface area (Å²) in [6, 6.07) is 6.60. The highest BCUT2D eigenvalue weighted by molar-refractivity contribution is 7.71. The fourth-order valence-electron chi connectivity index (χ4n) is 1.43. The third-order valence-corrected chi connectivity index (χ3v) is 3.41. The first-order valence-electron chi connectivity index (χ1n) is 4.63. The molecule has 0 unspecified atom stereocenters. The number of thiophene rings is 1. The van der Waals surface area contributed by atoms with E-state index in [-0.39, 0.29) is 15.8 Å². The second kappa shape index (κ2) is 4.73. The lowest BCUT2D eigenvalue weighted by atomic mass is 10.1. The normalized spacial score (nSPS) is 10.5. The van der Waals surface area contributed by atoms with E-state index in [4.69, 9.17) is 17.5 Å². The van der Waals surface area contributed by atoms with Crippen molar-refractivity contribution in [2.45, 2.75) is 6.43 Å². The highest BCUT2D eigenvalue weighted by Gasteiger charge is 2.16. The molecule has 0 aliphatic carbocycles. The van der Waals surface area contributed by atoms with Crippen molar-refractivity contribution >= 4 is 23.6 Å². The van der Waals surface area contributed by atoms with E-state index < -0.39 is 6.43 Å². The van der Waals surface area contributed by atoms with E-state index in [1.165, 1.54) is 17.4 Å². The van der Waals surface area contributed by atoms with Crippen LogP contribution in [0, 0.1) is 16.0 Å². The molecule has 2 heterocycles. The van der Waals surface area contributed by atoms with E-state index >= 15 is 0 Å². The third kappa shape index (κ3) is 2.25.